The highest BCUT2D eigenvalue weighted by Crippen LogP contribution is 2.15. The van der Waals surface area contributed by atoms with E-state index in [0.29, 0.717) is 12.5 Å². The van der Waals surface area contributed by atoms with Crippen LogP contribution in [0.15, 0.2) is 0 Å². The third-order valence-corrected chi connectivity index (χ3v) is 3.11. The molecule has 1 aliphatic heterocycles. The van der Waals surface area contributed by atoms with E-state index in [2.05, 4.69) is 20.5 Å². The number of nitrogens with zero attached hydrogens (tertiary/aromatic N) is 2. The fraction of sp³-hybridized carbons (Fsp3) is 0.750. The Kier molecular flexibility index (Phi) is 4.30. The normalized spacial score (nSPS) is 19.4. The number of carbonyl (C=O) groups excluding carboxylic acids is 1. The molecule has 1 aromatic rings. The fourth-order valence-corrected chi connectivity index (χ4v) is 1.91. The van der Waals surface area contributed by atoms with E-state index in [1.807, 2.05) is 13.8 Å². The van der Waals surface area contributed by atoms with Crippen molar-refractivity contribution in [3.63, 3.8) is 0 Å². The molecule has 6 nitrogen and oxygen atoms in total. The Hall–Kier alpha value is -1.43. The largest absolute Gasteiger partial charge is 0.381 e. The molecule has 100 valence electrons. The van der Waals surface area contributed by atoms with Crippen LogP contribution in [0.3, 0.4) is 0 Å². The Morgan fingerprint density at radius 2 is 2.44 bits per heavy atom. The van der Waals surface area contributed by atoms with Crippen molar-refractivity contribution in [1.29, 1.82) is 0 Å². The molecule has 0 aromatic carbocycles. The average molecular weight is 252 g/mol. The highest BCUT2D eigenvalue weighted by atomic mass is 16.5. The maximum absolute atomic E-state index is 11.8. The first kappa shape index (κ1) is 13.0. The van der Waals surface area contributed by atoms with E-state index in [9.17, 15) is 4.79 Å². The molecule has 1 aliphatic rings. The van der Waals surface area contributed by atoms with Gasteiger partial charge in [0.25, 0.3) is 5.91 Å². The maximum atomic E-state index is 11.8. The molecule has 6 heteroatoms. The second kappa shape index (κ2) is 5.95. The van der Waals surface area contributed by atoms with Gasteiger partial charge in [0.2, 0.25) is 5.82 Å². The molecule has 0 aliphatic carbocycles. The molecule has 2 N–H and O–H groups in total. The minimum Gasteiger partial charge on any atom is -0.381 e. The average Bonchev–Trinajstić information content (AvgIpc) is 2.99. The smallest absolute Gasteiger partial charge is 0.290 e. The van der Waals surface area contributed by atoms with E-state index in [0.717, 1.165) is 31.9 Å². The molecule has 18 heavy (non-hydrogen) atoms. The van der Waals surface area contributed by atoms with Gasteiger partial charge in [0, 0.05) is 25.7 Å². The fourth-order valence-electron chi connectivity index (χ4n) is 1.91. The number of carbonyl (C=O) groups is 1. The summed E-state index contributed by atoms with van der Waals surface area (Å²) in [6, 6.07) is 0. The number of ether oxygens (including phenoxy) is 1. The lowest BCUT2D eigenvalue weighted by Gasteiger charge is -2.07. The second-order valence-electron chi connectivity index (χ2n) is 4.97. The molecular weight excluding hydrogens is 232 g/mol. The zero-order valence-electron chi connectivity index (χ0n) is 10.9. The topological polar surface area (TPSA) is 79.9 Å². The third kappa shape index (κ3) is 3.29. The lowest BCUT2D eigenvalue weighted by Crippen LogP contribution is -2.27. The van der Waals surface area contributed by atoms with Crippen LogP contribution in [0.25, 0.3) is 0 Å². The number of nitrogens with one attached hydrogen (secondary N) is 2. The molecular formula is C12H20N4O2. The lowest BCUT2D eigenvalue weighted by atomic mass is 10.1. The number of aromatic nitrogens is 3. The Labute approximate surface area is 107 Å². The molecule has 0 saturated carbocycles. The minimum atomic E-state index is -0.211. The summed E-state index contributed by atoms with van der Waals surface area (Å²) in [4.78, 5) is 15.9. The quantitative estimate of drug-likeness (QED) is 0.822. The highest BCUT2D eigenvalue weighted by molar-refractivity contribution is 5.90. The van der Waals surface area contributed by atoms with Crippen molar-refractivity contribution in [2.75, 3.05) is 19.8 Å². The molecule has 1 fully saturated rings. The van der Waals surface area contributed by atoms with Gasteiger partial charge in [0.15, 0.2) is 0 Å². The van der Waals surface area contributed by atoms with Crippen molar-refractivity contribution in [1.82, 2.24) is 20.5 Å². The van der Waals surface area contributed by atoms with Crippen LogP contribution in [0.5, 0.6) is 0 Å². The van der Waals surface area contributed by atoms with Crippen LogP contribution in [0.1, 0.15) is 49.1 Å². The third-order valence-electron chi connectivity index (χ3n) is 3.11. The van der Waals surface area contributed by atoms with Crippen LogP contribution in [-0.4, -0.2) is 40.8 Å². The van der Waals surface area contributed by atoms with E-state index >= 15 is 0 Å². The highest BCUT2D eigenvalue weighted by Gasteiger charge is 2.17. The zero-order valence-corrected chi connectivity index (χ0v) is 10.9. The number of hydrogen-bond donors (Lipinski definition) is 2. The summed E-state index contributed by atoms with van der Waals surface area (Å²) in [7, 11) is 0. The summed E-state index contributed by atoms with van der Waals surface area (Å²) in [5.41, 5.74) is 0. The van der Waals surface area contributed by atoms with Gasteiger partial charge >= 0.3 is 0 Å². The first-order valence-corrected chi connectivity index (χ1v) is 6.45. The summed E-state index contributed by atoms with van der Waals surface area (Å²) in [5, 5.41) is 9.53. The van der Waals surface area contributed by atoms with Crippen molar-refractivity contribution >= 4 is 5.91 Å². The monoisotopic (exact) mass is 252 g/mol. The molecule has 0 bridgehead atoms. The minimum absolute atomic E-state index is 0.211. The number of hydrogen-bond acceptors (Lipinski definition) is 4. The van der Waals surface area contributed by atoms with Gasteiger partial charge in [0.1, 0.15) is 5.82 Å². The Bertz CT molecular complexity index is 397. The number of aromatic amines is 1. The van der Waals surface area contributed by atoms with Gasteiger partial charge in [0.05, 0.1) is 0 Å². The van der Waals surface area contributed by atoms with Crippen LogP contribution in [0.2, 0.25) is 0 Å². The number of amides is 1. The lowest BCUT2D eigenvalue weighted by molar-refractivity contribution is 0.0940. The van der Waals surface area contributed by atoms with Gasteiger partial charge in [-0.15, -0.1) is 5.10 Å². The van der Waals surface area contributed by atoms with Crippen LogP contribution in [-0.2, 0) is 4.74 Å². The number of rotatable bonds is 5. The van der Waals surface area contributed by atoms with Crippen molar-refractivity contribution in [2.24, 2.45) is 5.92 Å². The van der Waals surface area contributed by atoms with Gasteiger partial charge in [-0.05, 0) is 18.8 Å². The van der Waals surface area contributed by atoms with Crippen LogP contribution in [0, 0.1) is 5.92 Å². The first-order chi connectivity index (χ1) is 8.66. The van der Waals surface area contributed by atoms with E-state index < -0.39 is 0 Å². The predicted molar refractivity (Wildman–Crippen MR) is 66.3 cm³/mol. The molecule has 1 amide bonds. The van der Waals surface area contributed by atoms with Crippen molar-refractivity contribution in [3.8, 4) is 0 Å². The van der Waals surface area contributed by atoms with E-state index in [-0.39, 0.29) is 17.6 Å². The SMILES string of the molecule is CC(C)c1nc(C(=O)NCCC2CCOC2)n[nH]1. The molecule has 1 atom stereocenters. The van der Waals surface area contributed by atoms with Crippen molar-refractivity contribution < 1.29 is 9.53 Å². The second-order valence-corrected chi connectivity index (χ2v) is 4.97. The molecule has 1 aromatic heterocycles. The van der Waals surface area contributed by atoms with Gasteiger partial charge < -0.3 is 10.1 Å². The van der Waals surface area contributed by atoms with Gasteiger partial charge in [-0.25, -0.2) is 4.98 Å². The van der Waals surface area contributed by atoms with Gasteiger partial charge in [-0.3, -0.25) is 9.89 Å². The molecule has 2 heterocycles. The zero-order chi connectivity index (χ0) is 13.0. The summed E-state index contributed by atoms with van der Waals surface area (Å²) in [6.45, 7) is 6.31. The summed E-state index contributed by atoms with van der Waals surface area (Å²) < 4.78 is 5.29. The van der Waals surface area contributed by atoms with Gasteiger partial charge in [-0.1, -0.05) is 13.8 Å². The van der Waals surface area contributed by atoms with Crippen molar-refractivity contribution in [2.45, 2.75) is 32.6 Å². The Morgan fingerprint density at radius 1 is 1.61 bits per heavy atom. The summed E-state index contributed by atoms with van der Waals surface area (Å²) in [5.74, 6) is 1.57. The Morgan fingerprint density at radius 3 is 3.06 bits per heavy atom. The predicted octanol–water partition coefficient (Wildman–Crippen LogP) is 1.08. The van der Waals surface area contributed by atoms with Crippen LogP contribution < -0.4 is 5.32 Å². The maximum Gasteiger partial charge on any atom is 0.290 e. The van der Waals surface area contributed by atoms with Crippen LogP contribution in [0.4, 0.5) is 0 Å². The molecule has 0 radical (unpaired) electrons. The first-order valence-electron chi connectivity index (χ1n) is 6.45. The summed E-state index contributed by atoms with van der Waals surface area (Å²) >= 11 is 0. The van der Waals surface area contributed by atoms with Gasteiger partial charge in [-0.2, -0.15) is 0 Å². The molecule has 1 saturated heterocycles. The summed E-state index contributed by atoms with van der Waals surface area (Å²) in [6.07, 6.45) is 2.04. The molecule has 0 spiro atoms. The number of H-pyrrole nitrogens is 1. The molecule has 2 rings (SSSR count). The van der Waals surface area contributed by atoms with E-state index in [1.54, 1.807) is 0 Å². The van der Waals surface area contributed by atoms with Crippen LogP contribution >= 0.6 is 0 Å². The van der Waals surface area contributed by atoms with Crippen molar-refractivity contribution in [3.05, 3.63) is 11.6 Å². The molecule has 1 unspecified atom stereocenters. The Balaban J connectivity index is 1.76. The van der Waals surface area contributed by atoms with E-state index in [4.69, 9.17) is 4.74 Å². The standard InChI is InChI=1S/C12H20N4O2/c1-8(2)10-14-11(16-15-10)12(17)13-5-3-9-4-6-18-7-9/h8-9H,3-7H2,1-2H3,(H,13,17)(H,14,15,16). The van der Waals surface area contributed by atoms with E-state index in [1.165, 1.54) is 0 Å².